The molecule has 2 aliphatic rings. The highest BCUT2D eigenvalue weighted by molar-refractivity contribution is 5.94. The van der Waals surface area contributed by atoms with Crippen LogP contribution >= 0.6 is 0 Å². The lowest BCUT2D eigenvalue weighted by molar-refractivity contribution is 0.0754. The number of nitrogens with one attached hydrogen (secondary N) is 1. The average molecular weight is 407 g/mol. The molecule has 0 aliphatic carbocycles. The van der Waals surface area contributed by atoms with E-state index in [2.05, 4.69) is 24.3 Å². The zero-order chi connectivity index (χ0) is 21.1. The summed E-state index contributed by atoms with van der Waals surface area (Å²) in [5.74, 6) is 0.373. The number of urea groups is 1. The lowest BCUT2D eigenvalue weighted by atomic mass is 9.80. The molecule has 2 aromatic carbocycles. The fraction of sp³-hybridized carbons (Fsp3) is 0.417. The smallest absolute Gasteiger partial charge is 0.317 e. The third kappa shape index (κ3) is 4.19. The quantitative estimate of drug-likeness (QED) is 0.830. The van der Waals surface area contributed by atoms with Crippen LogP contribution < -0.4 is 5.32 Å². The number of amides is 3. The van der Waals surface area contributed by atoms with Crippen LogP contribution in [0.1, 0.15) is 15.9 Å². The van der Waals surface area contributed by atoms with Crippen molar-refractivity contribution in [2.24, 2.45) is 11.3 Å². The molecule has 4 rings (SSSR count). The summed E-state index contributed by atoms with van der Waals surface area (Å²) in [5.41, 5.74) is 1.74. The van der Waals surface area contributed by atoms with Gasteiger partial charge in [-0.1, -0.05) is 48.5 Å². The van der Waals surface area contributed by atoms with Gasteiger partial charge in [-0.05, 0) is 31.8 Å². The molecule has 3 amide bonds. The van der Waals surface area contributed by atoms with Crippen molar-refractivity contribution in [1.29, 1.82) is 0 Å². The van der Waals surface area contributed by atoms with Gasteiger partial charge in [0.2, 0.25) is 0 Å². The molecule has 6 nitrogen and oxygen atoms in total. The first kappa shape index (κ1) is 20.4. The van der Waals surface area contributed by atoms with Crippen LogP contribution in [-0.4, -0.2) is 73.5 Å². The minimum absolute atomic E-state index is 0.0210. The maximum Gasteiger partial charge on any atom is 0.317 e. The predicted molar refractivity (Wildman–Crippen MR) is 117 cm³/mol. The van der Waals surface area contributed by atoms with Gasteiger partial charge in [-0.3, -0.25) is 4.79 Å². The summed E-state index contributed by atoms with van der Waals surface area (Å²) in [6, 6.07) is 19.4. The van der Waals surface area contributed by atoms with Crippen LogP contribution in [0.3, 0.4) is 0 Å². The van der Waals surface area contributed by atoms with Gasteiger partial charge in [-0.25, -0.2) is 4.79 Å². The molecule has 2 aliphatic heterocycles. The molecule has 2 aromatic rings. The van der Waals surface area contributed by atoms with E-state index in [0.717, 1.165) is 17.7 Å². The molecule has 158 valence electrons. The van der Waals surface area contributed by atoms with Crippen LogP contribution in [0.4, 0.5) is 4.79 Å². The second-order valence-electron chi connectivity index (χ2n) is 8.87. The van der Waals surface area contributed by atoms with Crippen molar-refractivity contribution in [3.8, 4) is 0 Å². The molecule has 0 saturated carbocycles. The highest BCUT2D eigenvalue weighted by Crippen LogP contribution is 2.43. The Morgan fingerprint density at radius 1 is 0.967 bits per heavy atom. The summed E-state index contributed by atoms with van der Waals surface area (Å²) in [4.78, 5) is 31.9. The molecule has 30 heavy (non-hydrogen) atoms. The molecular formula is C24H30N4O2. The Morgan fingerprint density at radius 2 is 1.57 bits per heavy atom. The fourth-order valence-electron chi connectivity index (χ4n) is 4.99. The van der Waals surface area contributed by atoms with E-state index in [1.165, 1.54) is 0 Å². The van der Waals surface area contributed by atoms with E-state index in [4.69, 9.17) is 0 Å². The number of hydrogen-bond acceptors (Lipinski definition) is 3. The summed E-state index contributed by atoms with van der Waals surface area (Å²) in [5, 5.41) is 3.05. The van der Waals surface area contributed by atoms with Crippen molar-refractivity contribution in [3.63, 3.8) is 0 Å². The molecule has 2 heterocycles. The monoisotopic (exact) mass is 406 g/mol. The number of hydrogen-bond donors (Lipinski definition) is 1. The number of carbonyl (C=O) groups excluding carboxylic acids is 2. The molecule has 2 fully saturated rings. The molecule has 0 spiro atoms. The van der Waals surface area contributed by atoms with E-state index < -0.39 is 0 Å². The first-order valence-corrected chi connectivity index (χ1v) is 10.5. The van der Waals surface area contributed by atoms with E-state index in [0.29, 0.717) is 32.7 Å². The zero-order valence-electron chi connectivity index (χ0n) is 17.8. The molecule has 0 radical (unpaired) electrons. The van der Waals surface area contributed by atoms with Crippen molar-refractivity contribution in [2.45, 2.75) is 6.54 Å². The van der Waals surface area contributed by atoms with E-state index in [1.54, 1.807) is 0 Å². The fourth-order valence-corrected chi connectivity index (χ4v) is 4.99. The van der Waals surface area contributed by atoms with Crippen molar-refractivity contribution >= 4 is 11.9 Å². The van der Waals surface area contributed by atoms with Gasteiger partial charge in [0.1, 0.15) is 0 Å². The summed E-state index contributed by atoms with van der Waals surface area (Å²) in [7, 11) is 4.12. The van der Waals surface area contributed by atoms with E-state index in [1.807, 2.05) is 70.5 Å². The summed E-state index contributed by atoms with van der Waals surface area (Å²) in [6.07, 6.45) is 0. The van der Waals surface area contributed by atoms with Gasteiger partial charge >= 0.3 is 6.03 Å². The van der Waals surface area contributed by atoms with Gasteiger partial charge in [0.05, 0.1) is 0 Å². The molecule has 1 N–H and O–H groups in total. The summed E-state index contributed by atoms with van der Waals surface area (Å²) >= 11 is 0. The lowest BCUT2D eigenvalue weighted by Gasteiger charge is -2.32. The molecule has 6 heteroatoms. The first-order valence-electron chi connectivity index (χ1n) is 10.5. The first-order chi connectivity index (χ1) is 14.5. The topological polar surface area (TPSA) is 55.9 Å². The van der Waals surface area contributed by atoms with Gasteiger partial charge < -0.3 is 20.0 Å². The number of rotatable bonds is 5. The Kier molecular flexibility index (Phi) is 5.77. The predicted octanol–water partition coefficient (Wildman–Crippen LogP) is 2.53. The Bertz CT molecular complexity index is 887. The average Bonchev–Trinajstić information content (AvgIpc) is 3.26. The Labute approximate surface area is 178 Å². The van der Waals surface area contributed by atoms with Crippen LogP contribution in [0.25, 0.3) is 0 Å². The van der Waals surface area contributed by atoms with Gasteiger partial charge in [-0.15, -0.1) is 0 Å². The number of likely N-dealkylation sites (tertiary alicyclic amines) is 2. The Hall–Kier alpha value is -2.86. The zero-order valence-corrected chi connectivity index (χ0v) is 17.8. The van der Waals surface area contributed by atoms with Crippen molar-refractivity contribution in [3.05, 3.63) is 71.8 Å². The maximum absolute atomic E-state index is 13.0. The highest BCUT2D eigenvalue weighted by Gasteiger charge is 2.54. The number of fused-ring (bicyclic) bond motifs is 1. The third-order valence-corrected chi connectivity index (χ3v) is 6.27. The Balaban J connectivity index is 1.43. The molecule has 2 atom stereocenters. The summed E-state index contributed by atoms with van der Waals surface area (Å²) < 4.78 is 0. The van der Waals surface area contributed by atoms with Crippen LogP contribution in [0.2, 0.25) is 0 Å². The van der Waals surface area contributed by atoms with E-state index in [9.17, 15) is 9.59 Å². The van der Waals surface area contributed by atoms with Crippen LogP contribution in [-0.2, 0) is 6.54 Å². The van der Waals surface area contributed by atoms with E-state index >= 15 is 0 Å². The lowest BCUT2D eigenvalue weighted by Crippen LogP contribution is -2.45. The van der Waals surface area contributed by atoms with Crippen LogP contribution in [0.15, 0.2) is 60.7 Å². The van der Waals surface area contributed by atoms with Gasteiger partial charge in [-0.2, -0.15) is 0 Å². The molecule has 0 aromatic heterocycles. The van der Waals surface area contributed by atoms with Crippen molar-refractivity contribution in [1.82, 2.24) is 20.0 Å². The van der Waals surface area contributed by atoms with Crippen molar-refractivity contribution in [2.75, 3.05) is 46.8 Å². The van der Waals surface area contributed by atoms with Crippen molar-refractivity contribution < 1.29 is 9.59 Å². The summed E-state index contributed by atoms with van der Waals surface area (Å²) in [6.45, 7) is 4.14. The molecule has 0 unspecified atom stereocenters. The number of nitrogens with zero attached hydrogens (tertiary/aromatic N) is 3. The molecule has 2 saturated heterocycles. The van der Waals surface area contributed by atoms with Gasteiger partial charge in [0.25, 0.3) is 5.91 Å². The van der Waals surface area contributed by atoms with Crippen LogP contribution in [0, 0.1) is 11.3 Å². The molecule has 0 bridgehead atoms. The second-order valence-corrected chi connectivity index (χ2v) is 8.87. The second kappa shape index (κ2) is 8.48. The van der Waals surface area contributed by atoms with Gasteiger partial charge in [0, 0.05) is 56.2 Å². The highest BCUT2D eigenvalue weighted by atomic mass is 16.2. The normalized spacial score (nSPS) is 23.0. The maximum atomic E-state index is 13.0. The minimum Gasteiger partial charge on any atom is -0.338 e. The van der Waals surface area contributed by atoms with E-state index in [-0.39, 0.29) is 23.3 Å². The minimum atomic E-state index is -0.0853. The third-order valence-electron chi connectivity index (χ3n) is 6.27. The Morgan fingerprint density at radius 3 is 2.23 bits per heavy atom. The number of carbonyl (C=O) groups is 2. The number of benzene rings is 2. The standard InChI is InChI=1S/C24H30N4O2/c1-26(2)16-24-17-27(22(29)20-11-7-4-8-12-20)14-21(24)15-28(18-24)23(30)25-13-19-9-5-3-6-10-19/h3-12,21H,13-18H2,1-2H3,(H,25,30)/t21-,24+/m1/s1. The molecular weight excluding hydrogens is 376 g/mol. The van der Waals surface area contributed by atoms with Gasteiger partial charge in [0.15, 0.2) is 0 Å². The largest absolute Gasteiger partial charge is 0.338 e. The SMILES string of the molecule is CN(C)C[C@]12CN(C(=O)NCc3ccccc3)C[C@H]1CN(C(=O)c1ccccc1)C2. The van der Waals surface area contributed by atoms with Crippen LogP contribution in [0.5, 0.6) is 0 Å².